The summed E-state index contributed by atoms with van der Waals surface area (Å²) in [6, 6.07) is 14.1. The summed E-state index contributed by atoms with van der Waals surface area (Å²) in [6.45, 7) is 0. The van der Waals surface area contributed by atoms with Gasteiger partial charge in [0.15, 0.2) is 10.9 Å². The summed E-state index contributed by atoms with van der Waals surface area (Å²) in [4.78, 5) is 21.3. The Morgan fingerprint density at radius 3 is 2.36 bits per heavy atom. The van der Waals surface area contributed by atoms with E-state index in [1.54, 1.807) is 47.4 Å². The summed E-state index contributed by atoms with van der Waals surface area (Å²) < 4.78 is 24.4. The molecular weight excluding hydrogens is 486 g/mol. The maximum atomic E-state index is 13.0. The van der Waals surface area contributed by atoms with Crippen LogP contribution in [0, 0.1) is 0 Å². The molecule has 0 fully saturated rings. The molecule has 0 spiro atoms. The summed E-state index contributed by atoms with van der Waals surface area (Å²) in [5.41, 5.74) is 1.67. The Morgan fingerprint density at radius 1 is 1.06 bits per heavy atom. The van der Waals surface area contributed by atoms with Gasteiger partial charge >= 0.3 is 0 Å². The number of primary sulfonamides is 1. The van der Waals surface area contributed by atoms with Crippen LogP contribution in [0.1, 0.15) is 16.2 Å². The summed E-state index contributed by atoms with van der Waals surface area (Å²) in [5.74, 6) is -0.199. The molecule has 13 heteroatoms. The van der Waals surface area contributed by atoms with Gasteiger partial charge in [0.25, 0.3) is 5.91 Å². The molecule has 4 rings (SSSR count). The third kappa shape index (κ3) is 5.54. The van der Waals surface area contributed by atoms with Gasteiger partial charge in [0, 0.05) is 28.9 Å². The highest BCUT2D eigenvalue weighted by Crippen LogP contribution is 2.24. The second-order valence-corrected chi connectivity index (χ2v) is 9.56. The van der Waals surface area contributed by atoms with Crippen LogP contribution in [0.25, 0.3) is 5.69 Å². The number of nitrogens with zero attached hydrogens (tertiary/aromatic N) is 5. The predicted octanol–water partition coefficient (Wildman–Crippen LogP) is 2.90. The average molecular weight is 502 g/mol. The van der Waals surface area contributed by atoms with E-state index >= 15 is 0 Å². The standard InChI is InChI=1S/C20H16ClN7O3S2/c21-13-2-6-15(7-3-13)28-17(12-32-20-23-10-1-11-24-20)18(26-27-28)19(29)25-14-4-8-16(9-5-14)33(22,30)31/h1-11H,12H2,(H,25,29)(H2,22,30,31). The molecule has 0 aliphatic carbocycles. The van der Waals surface area contributed by atoms with Crippen molar-refractivity contribution in [1.82, 2.24) is 25.0 Å². The van der Waals surface area contributed by atoms with Crippen LogP contribution in [-0.2, 0) is 15.8 Å². The van der Waals surface area contributed by atoms with E-state index in [4.69, 9.17) is 16.7 Å². The van der Waals surface area contributed by atoms with Crippen LogP contribution in [0.2, 0.25) is 5.02 Å². The molecule has 0 radical (unpaired) electrons. The highest BCUT2D eigenvalue weighted by Gasteiger charge is 2.22. The number of anilines is 1. The molecule has 4 aromatic rings. The van der Waals surface area contributed by atoms with Crippen LogP contribution in [0.4, 0.5) is 5.69 Å². The maximum absolute atomic E-state index is 13.0. The molecule has 0 atom stereocenters. The SMILES string of the molecule is NS(=O)(=O)c1ccc(NC(=O)c2nnn(-c3ccc(Cl)cc3)c2CSc2ncccn2)cc1. The molecule has 0 aliphatic rings. The van der Waals surface area contributed by atoms with E-state index in [0.717, 1.165) is 0 Å². The van der Waals surface area contributed by atoms with Crippen LogP contribution in [0.3, 0.4) is 0 Å². The first-order valence-electron chi connectivity index (χ1n) is 9.36. The minimum atomic E-state index is -3.83. The lowest BCUT2D eigenvalue weighted by atomic mass is 10.2. The van der Waals surface area contributed by atoms with Gasteiger partial charge in [-0.3, -0.25) is 4.79 Å². The van der Waals surface area contributed by atoms with E-state index in [1.807, 2.05) is 0 Å². The molecule has 1 amide bonds. The number of amides is 1. The zero-order valence-corrected chi connectivity index (χ0v) is 19.2. The number of benzene rings is 2. The summed E-state index contributed by atoms with van der Waals surface area (Å²) in [5, 5.41) is 17.1. The molecule has 0 saturated carbocycles. The first-order valence-corrected chi connectivity index (χ1v) is 12.3. The van der Waals surface area contributed by atoms with Gasteiger partial charge in [-0.1, -0.05) is 28.6 Å². The van der Waals surface area contributed by atoms with Crippen molar-refractivity contribution >= 4 is 45.0 Å². The topological polar surface area (TPSA) is 146 Å². The van der Waals surface area contributed by atoms with Crippen molar-refractivity contribution in [2.45, 2.75) is 15.8 Å². The largest absolute Gasteiger partial charge is 0.321 e. The number of nitrogens with one attached hydrogen (secondary N) is 1. The summed E-state index contributed by atoms with van der Waals surface area (Å²) >= 11 is 7.31. The molecule has 33 heavy (non-hydrogen) atoms. The number of nitrogens with two attached hydrogens (primary N) is 1. The Balaban J connectivity index is 1.63. The maximum Gasteiger partial charge on any atom is 0.278 e. The van der Waals surface area contributed by atoms with E-state index in [1.165, 1.54) is 36.0 Å². The first kappa shape index (κ1) is 22.9. The first-order chi connectivity index (χ1) is 15.8. The smallest absolute Gasteiger partial charge is 0.278 e. The molecule has 10 nitrogen and oxygen atoms in total. The van der Waals surface area contributed by atoms with Crippen molar-refractivity contribution in [3.8, 4) is 5.69 Å². The van der Waals surface area contributed by atoms with E-state index in [2.05, 4.69) is 25.6 Å². The Bertz CT molecular complexity index is 1380. The Labute approximate surface area is 198 Å². The summed E-state index contributed by atoms with van der Waals surface area (Å²) in [6.07, 6.45) is 3.26. The van der Waals surface area contributed by atoms with Crippen LogP contribution >= 0.6 is 23.4 Å². The number of carbonyl (C=O) groups is 1. The number of sulfonamides is 1. The summed E-state index contributed by atoms with van der Waals surface area (Å²) in [7, 11) is -3.83. The lowest BCUT2D eigenvalue weighted by molar-refractivity contribution is 0.102. The number of hydrogen-bond acceptors (Lipinski definition) is 8. The van der Waals surface area contributed by atoms with Crippen molar-refractivity contribution in [3.05, 3.63) is 83.4 Å². The number of halogens is 1. The van der Waals surface area contributed by atoms with E-state index in [-0.39, 0.29) is 10.6 Å². The van der Waals surface area contributed by atoms with E-state index in [9.17, 15) is 13.2 Å². The van der Waals surface area contributed by atoms with Crippen molar-refractivity contribution in [1.29, 1.82) is 0 Å². The molecular formula is C20H16ClN7O3S2. The quantitative estimate of drug-likeness (QED) is 0.290. The van der Waals surface area contributed by atoms with Gasteiger partial charge in [0.05, 0.1) is 16.3 Å². The van der Waals surface area contributed by atoms with Gasteiger partial charge in [-0.25, -0.2) is 28.2 Å². The highest BCUT2D eigenvalue weighted by molar-refractivity contribution is 7.98. The number of rotatable bonds is 7. The predicted molar refractivity (Wildman–Crippen MR) is 124 cm³/mol. The zero-order valence-electron chi connectivity index (χ0n) is 16.8. The minimum Gasteiger partial charge on any atom is -0.321 e. The third-order valence-electron chi connectivity index (χ3n) is 4.37. The number of hydrogen-bond donors (Lipinski definition) is 2. The number of carbonyl (C=O) groups excluding carboxylic acids is 1. The van der Waals surface area contributed by atoms with Crippen molar-refractivity contribution in [2.24, 2.45) is 5.14 Å². The fourth-order valence-corrected chi connectivity index (χ4v) is 4.25. The Hall–Kier alpha value is -3.32. The lowest BCUT2D eigenvalue weighted by Gasteiger charge is -2.09. The van der Waals surface area contributed by atoms with Gasteiger partial charge in [0.1, 0.15) is 0 Å². The minimum absolute atomic E-state index is 0.0610. The fraction of sp³-hybridized carbons (Fsp3) is 0.0500. The lowest BCUT2D eigenvalue weighted by Crippen LogP contribution is -2.16. The van der Waals surface area contributed by atoms with Crippen LogP contribution in [-0.4, -0.2) is 39.3 Å². The monoisotopic (exact) mass is 501 g/mol. The molecule has 0 unspecified atom stereocenters. The molecule has 3 N–H and O–H groups in total. The zero-order chi connectivity index (χ0) is 23.4. The second-order valence-electron chi connectivity index (χ2n) is 6.62. The van der Waals surface area contributed by atoms with Gasteiger partial charge in [0.2, 0.25) is 10.0 Å². The molecule has 2 heterocycles. The Kier molecular flexibility index (Phi) is 6.70. The van der Waals surface area contributed by atoms with Crippen LogP contribution in [0.5, 0.6) is 0 Å². The fourth-order valence-electron chi connectivity index (χ4n) is 2.81. The van der Waals surface area contributed by atoms with Gasteiger partial charge in [-0.15, -0.1) is 5.10 Å². The third-order valence-corrected chi connectivity index (χ3v) is 6.44. The van der Waals surface area contributed by atoms with Crippen LogP contribution < -0.4 is 10.5 Å². The normalized spacial score (nSPS) is 11.3. The van der Waals surface area contributed by atoms with Crippen molar-refractivity contribution in [3.63, 3.8) is 0 Å². The van der Waals surface area contributed by atoms with E-state index in [0.29, 0.717) is 33.0 Å². The van der Waals surface area contributed by atoms with Crippen LogP contribution in [0.15, 0.2) is 77.0 Å². The molecule has 0 aliphatic heterocycles. The number of aromatic nitrogens is 5. The molecule has 168 valence electrons. The van der Waals surface area contributed by atoms with Gasteiger partial charge in [-0.05, 0) is 54.6 Å². The Morgan fingerprint density at radius 2 is 1.73 bits per heavy atom. The molecule has 2 aromatic heterocycles. The van der Waals surface area contributed by atoms with E-state index < -0.39 is 15.9 Å². The van der Waals surface area contributed by atoms with Crippen molar-refractivity contribution in [2.75, 3.05) is 5.32 Å². The second kappa shape index (κ2) is 9.67. The molecule has 0 bridgehead atoms. The molecule has 2 aromatic carbocycles. The average Bonchev–Trinajstić information content (AvgIpc) is 3.23. The molecule has 0 saturated heterocycles. The van der Waals surface area contributed by atoms with Crippen molar-refractivity contribution < 1.29 is 13.2 Å². The van der Waals surface area contributed by atoms with Gasteiger partial charge in [-0.2, -0.15) is 0 Å². The highest BCUT2D eigenvalue weighted by atomic mass is 35.5. The number of thioether (sulfide) groups is 1. The van der Waals surface area contributed by atoms with Gasteiger partial charge < -0.3 is 5.32 Å².